The van der Waals surface area contributed by atoms with E-state index in [1.165, 1.54) is 24.1 Å². The molecule has 0 bridgehead atoms. The molecule has 2 aliphatic rings. The Morgan fingerprint density at radius 1 is 1.25 bits per heavy atom. The van der Waals surface area contributed by atoms with Gasteiger partial charge in [-0.3, -0.25) is 10.00 Å². The van der Waals surface area contributed by atoms with Crippen LogP contribution in [0.1, 0.15) is 42.1 Å². The summed E-state index contributed by atoms with van der Waals surface area (Å²) in [7, 11) is 0. The molecule has 0 amide bonds. The summed E-state index contributed by atoms with van der Waals surface area (Å²) < 4.78 is 0. The first-order valence-corrected chi connectivity index (χ1v) is 9.30. The number of aromatic amines is 1. The van der Waals surface area contributed by atoms with Crippen LogP contribution in [0.2, 0.25) is 10.0 Å². The van der Waals surface area contributed by atoms with Gasteiger partial charge in [-0.2, -0.15) is 5.10 Å². The summed E-state index contributed by atoms with van der Waals surface area (Å²) in [5.74, 6) is 0.661. The molecule has 0 radical (unpaired) electrons. The van der Waals surface area contributed by atoms with Crippen molar-refractivity contribution >= 4 is 23.2 Å². The number of fused-ring (bicyclic) bond motifs is 1. The third-order valence-corrected chi connectivity index (χ3v) is 6.06. The zero-order valence-corrected chi connectivity index (χ0v) is 14.9. The number of hydrogen-bond donors (Lipinski definition) is 2. The molecule has 1 aromatic carbocycles. The lowest BCUT2D eigenvalue weighted by atomic mass is 9.92. The van der Waals surface area contributed by atoms with Crippen molar-refractivity contribution in [1.82, 2.24) is 15.1 Å². The van der Waals surface area contributed by atoms with E-state index in [1.54, 1.807) is 12.1 Å². The summed E-state index contributed by atoms with van der Waals surface area (Å²) in [4.78, 5) is 2.57. The summed E-state index contributed by atoms with van der Waals surface area (Å²) >= 11 is 12.6. The first-order chi connectivity index (χ1) is 11.6. The molecule has 1 fully saturated rings. The van der Waals surface area contributed by atoms with Gasteiger partial charge in [0, 0.05) is 16.6 Å². The summed E-state index contributed by atoms with van der Waals surface area (Å²) in [6.45, 7) is 2.15. The zero-order chi connectivity index (χ0) is 16.7. The molecule has 1 aliphatic carbocycles. The van der Waals surface area contributed by atoms with E-state index in [-0.39, 0.29) is 5.75 Å². The Morgan fingerprint density at radius 2 is 2.04 bits per heavy atom. The summed E-state index contributed by atoms with van der Waals surface area (Å²) in [6.07, 6.45) is 7.55. The number of phenols is 1. The predicted molar refractivity (Wildman–Crippen MR) is 95.8 cm³/mol. The lowest BCUT2D eigenvalue weighted by Gasteiger charge is -2.30. The number of halogens is 2. The first-order valence-electron chi connectivity index (χ1n) is 8.55. The molecule has 2 aromatic rings. The number of rotatable bonds is 3. The Balaban J connectivity index is 1.47. The van der Waals surface area contributed by atoms with Gasteiger partial charge in [0.2, 0.25) is 0 Å². The molecule has 0 spiro atoms. The van der Waals surface area contributed by atoms with Gasteiger partial charge in [0.15, 0.2) is 0 Å². The molecule has 1 unspecified atom stereocenters. The highest BCUT2D eigenvalue weighted by Crippen LogP contribution is 2.38. The van der Waals surface area contributed by atoms with Crippen LogP contribution < -0.4 is 0 Å². The minimum absolute atomic E-state index is 0.121. The topological polar surface area (TPSA) is 52.1 Å². The Morgan fingerprint density at radius 3 is 2.83 bits per heavy atom. The summed E-state index contributed by atoms with van der Waals surface area (Å²) in [5, 5.41) is 18.1. The fourth-order valence-corrected chi connectivity index (χ4v) is 4.82. The Bertz CT molecular complexity index is 723. The van der Waals surface area contributed by atoms with Crippen LogP contribution in [-0.2, 0) is 12.8 Å². The van der Waals surface area contributed by atoms with E-state index >= 15 is 0 Å². The predicted octanol–water partition coefficient (Wildman–Crippen LogP) is 4.36. The second-order valence-electron chi connectivity index (χ2n) is 6.96. The quantitative estimate of drug-likeness (QED) is 0.849. The number of aryl methyl sites for hydroxylation is 1. The second kappa shape index (κ2) is 6.58. The van der Waals surface area contributed by atoms with Gasteiger partial charge >= 0.3 is 0 Å². The van der Waals surface area contributed by atoms with Crippen molar-refractivity contribution in [3.63, 3.8) is 0 Å². The van der Waals surface area contributed by atoms with Gasteiger partial charge in [-0.1, -0.05) is 23.2 Å². The number of aromatic hydroxyl groups is 1. The average Bonchev–Trinajstić information content (AvgIpc) is 3.19. The molecule has 0 saturated carbocycles. The fourth-order valence-electron chi connectivity index (χ4n) is 4.19. The number of nitrogens with zero attached hydrogens (tertiary/aromatic N) is 2. The molecule has 4 nitrogen and oxygen atoms in total. The normalized spacial score (nSPS) is 24.2. The average molecular weight is 366 g/mol. The summed E-state index contributed by atoms with van der Waals surface area (Å²) in [6, 6.07) is 3.62. The van der Waals surface area contributed by atoms with Gasteiger partial charge in [0.25, 0.3) is 0 Å². The van der Waals surface area contributed by atoms with Gasteiger partial charge in [-0.05, 0) is 67.8 Å². The van der Waals surface area contributed by atoms with E-state index in [0.717, 1.165) is 37.9 Å². The van der Waals surface area contributed by atoms with Crippen LogP contribution in [0.3, 0.4) is 0 Å². The first kappa shape index (κ1) is 16.2. The molecule has 128 valence electrons. The molecule has 6 heteroatoms. The van der Waals surface area contributed by atoms with Crippen molar-refractivity contribution in [2.24, 2.45) is 5.92 Å². The van der Waals surface area contributed by atoms with Crippen LogP contribution in [0.5, 0.6) is 5.75 Å². The minimum Gasteiger partial charge on any atom is -0.508 e. The molecule has 2 N–H and O–H groups in total. The summed E-state index contributed by atoms with van der Waals surface area (Å²) in [5.41, 5.74) is 3.63. The number of H-pyrrole nitrogens is 1. The number of nitrogens with one attached hydrogen (secondary N) is 1. The highest BCUT2D eigenvalue weighted by Gasteiger charge is 2.33. The van der Waals surface area contributed by atoms with Gasteiger partial charge in [0.05, 0.1) is 17.9 Å². The number of likely N-dealkylation sites (tertiary alicyclic amines) is 1. The van der Waals surface area contributed by atoms with Gasteiger partial charge < -0.3 is 5.11 Å². The Kier molecular flexibility index (Phi) is 4.46. The van der Waals surface area contributed by atoms with Crippen LogP contribution >= 0.6 is 23.2 Å². The lowest BCUT2D eigenvalue weighted by molar-refractivity contribution is 0.209. The number of benzene rings is 1. The van der Waals surface area contributed by atoms with Gasteiger partial charge in [-0.25, -0.2) is 0 Å². The van der Waals surface area contributed by atoms with Crippen molar-refractivity contribution in [3.05, 3.63) is 45.2 Å². The monoisotopic (exact) mass is 365 g/mol. The van der Waals surface area contributed by atoms with Gasteiger partial charge in [-0.15, -0.1) is 0 Å². The van der Waals surface area contributed by atoms with E-state index in [1.807, 2.05) is 6.20 Å². The van der Waals surface area contributed by atoms with E-state index in [0.29, 0.717) is 22.0 Å². The maximum atomic E-state index is 9.58. The standard InChI is InChI=1S/C18H21Cl2N3O/c19-15-7-13(24)8-16(20)14(15)6-11-4-5-23(10-11)17-3-1-2-12-9-21-22-18(12)17/h7-9,11,17,24H,1-6,10H2,(H,21,22)/t11-,17?/m0/s1. The van der Waals surface area contributed by atoms with Crippen LogP contribution in [0.15, 0.2) is 18.3 Å². The van der Waals surface area contributed by atoms with Crippen molar-refractivity contribution in [1.29, 1.82) is 0 Å². The maximum absolute atomic E-state index is 9.58. The molecule has 4 rings (SSSR count). The minimum atomic E-state index is 0.121. The van der Waals surface area contributed by atoms with Crippen molar-refractivity contribution in [3.8, 4) is 5.75 Å². The Labute approximate surface area is 151 Å². The molecule has 2 heterocycles. The van der Waals surface area contributed by atoms with Crippen LogP contribution in [0, 0.1) is 5.92 Å². The van der Waals surface area contributed by atoms with E-state index in [9.17, 15) is 5.11 Å². The molecule has 24 heavy (non-hydrogen) atoms. The van der Waals surface area contributed by atoms with E-state index in [2.05, 4.69) is 15.1 Å². The smallest absolute Gasteiger partial charge is 0.118 e. The molecule has 1 saturated heterocycles. The lowest BCUT2D eigenvalue weighted by Crippen LogP contribution is -2.29. The third-order valence-electron chi connectivity index (χ3n) is 5.38. The van der Waals surface area contributed by atoms with Crippen LogP contribution in [0.25, 0.3) is 0 Å². The maximum Gasteiger partial charge on any atom is 0.118 e. The zero-order valence-electron chi connectivity index (χ0n) is 13.4. The second-order valence-corrected chi connectivity index (χ2v) is 7.77. The van der Waals surface area contributed by atoms with Crippen molar-refractivity contribution in [2.75, 3.05) is 13.1 Å². The van der Waals surface area contributed by atoms with E-state index in [4.69, 9.17) is 23.2 Å². The van der Waals surface area contributed by atoms with Gasteiger partial charge in [0.1, 0.15) is 5.75 Å². The highest BCUT2D eigenvalue weighted by molar-refractivity contribution is 6.36. The Hall–Kier alpha value is -1.23. The van der Waals surface area contributed by atoms with Crippen LogP contribution in [-0.4, -0.2) is 33.3 Å². The SMILES string of the molecule is Oc1cc(Cl)c(C[C@@H]2CCN(C3CCCc4cn[nH]c43)C2)c(Cl)c1. The number of hydrogen-bond acceptors (Lipinski definition) is 3. The van der Waals surface area contributed by atoms with E-state index < -0.39 is 0 Å². The van der Waals surface area contributed by atoms with Crippen LogP contribution in [0.4, 0.5) is 0 Å². The largest absolute Gasteiger partial charge is 0.508 e. The van der Waals surface area contributed by atoms with Crippen molar-refractivity contribution in [2.45, 2.75) is 38.1 Å². The fraction of sp³-hybridized carbons (Fsp3) is 0.500. The molecule has 1 aromatic heterocycles. The number of aromatic nitrogens is 2. The van der Waals surface area contributed by atoms with Crippen molar-refractivity contribution < 1.29 is 5.11 Å². The third kappa shape index (κ3) is 3.03. The highest BCUT2D eigenvalue weighted by atomic mass is 35.5. The number of phenolic OH excluding ortho intramolecular Hbond substituents is 1. The molecular formula is C18H21Cl2N3O. The molecular weight excluding hydrogens is 345 g/mol. The molecule has 1 aliphatic heterocycles. The molecule has 2 atom stereocenters.